The van der Waals surface area contributed by atoms with Crippen molar-refractivity contribution in [2.45, 2.75) is 33.6 Å². The summed E-state index contributed by atoms with van der Waals surface area (Å²) < 4.78 is 11.4. The lowest BCUT2D eigenvalue weighted by atomic mass is 10.0. The van der Waals surface area contributed by atoms with Crippen LogP contribution in [-0.2, 0) is 4.79 Å². The van der Waals surface area contributed by atoms with E-state index in [1.54, 1.807) is 19.3 Å². The van der Waals surface area contributed by atoms with Crippen LogP contribution in [0.5, 0.6) is 5.75 Å². The van der Waals surface area contributed by atoms with E-state index in [9.17, 15) is 4.79 Å². The molecule has 0 radical (unpaired) electrons. The van der Waals surface area contributed by atoms with E-state index in [1.807, 2.05) is 43.3 Å². The molecule has 0 saturated heterocycles. The van der Waals surface area contributed by atoms with E-state index >= 15 is 0 Å². The highest BCUT2D eigenvalue weighted by Gasteiger charge is 2.13. The Hall–Kier alpha value is -3.86. The van der Waals surface area contributed by atoms with Gasteiger partial charge in [0.1, 0.15) is 11.3 Å². The zero-order chi connectivity index (χ0) is 23.5. The van der Waals surface area contributed by atoms with Crippen molar-refractivity contribution in [1.82, 2.24) is 4.98 Å². The van der Waals surface area contributed by atoms with Gasteiger partial charge in [-0.3, -0.25) is 4.79 Å². The van der Waals surface area contributed by atoms with Gasteiger partial charge in [0.15, 0.2) is 5.58 Å². The lowest BCUT2D eigenvalue weighted by molar-refractivity contribution is -0.111. The quantitative estimate of drug-likeness (QED) is 0.331. The Balaban J connectivity index is 1.56. The van der Waals surface area contributed by atoms with Crippen molar-refractivity contribution in [1.29, 1.82) is 0 Å². The Kier molecular flexibility index (Phi) is 6.31. The molecule has 1 N–H and O–H groups in total. The molecule has 0 unspecified atom stereocenters. The van der Waals surface area contributed by atoms with E-state index in [0.717, 1.165) is 33.4 Å². The number of anilines is 1. The fraction of sp³-hybridized carbons (Fsp3) is 0.214. The third kappa shape index (κ3) is 4.98. The van der Waals surface area contributed by atoms with Gasteiger partial charge < -0.3 is 14.5 Å². The van der Waals surface area contributed by atoms with E-state index < -0.39 is 0 Å². The molecule has 0 aliphatic heterocycles. The number of rotatable bonds is 6. The number of nitrogens with zero attached hydrogens (tertiary/aromatic N) is 1. The maximum absolute atomic E-state index is 12.6. The molecule has 0 spiro atoms. The second kappa shape index (κ2) is 9.33. The molecule has 0 bridgehead atoms. The summed E-state index contributed by atoms with van der Waals surface area (Å²) in [4.78, 5) is 17.2. The van der Waals surface area contributed by atoms with Gasteiger partial charge in [-0.25, -0.2) is 4.98 Å². The Morgan fingerprint density at radius 2 is 1.76 bits per heavy atom. The second-order valence-corrected chi connectivity index (χ2v) is 8.48. The summed E-state index contributed by atoms with van der Waals surface area (Å²) >= 11 is 0. The summed E-state index contributed by atoms with van der Waals surface area (Å²) in [6.07, 6.45) is 3.31. The van der Waals surface area contributed by atoms with Crippen molar-refractivity contribution in [3.05, 3.63) is 82.9 Å². The van der Waals surface area contributed by atoms with Crippen LogP contribution in [0.25, 0.3) is 28.6 Å². The lowest BCUT2D eigenvalue weighted by Crippen LogP contribution is -2.09. The molecular formula is C28H28N2O3. The Labute approximate surface area is 194 Å². The third-order valence-corrected chi connectivity index (χ3v) is 5.74. The Bertz CT molecular complexity index is 1290. The topological polar surface area (TPSA) is 64.4 Å². The van der Waals surface area contributed by atoms with Crippen LogP contribution in [0.15, 0.2) is 65.1 Å². The first kappa shape index (κ1) is 22.3. The molecule has 0 aliphatic carbocycles. The van der Waals surface area contributed by atoms with Gasteiger partial charge in [0.25, 0.3) is 0 Å². The number of carbonyl (C=O) groups is 1. The smallest absolute Gasteiger partial charge is 0.248 e. The summed E-state index contributed by atoms with van der Waals surface area (Å²) in [5.74, 6) is 1.28. The van der Waals surface area contributed by atoms with Gasteiger partial charge in [-0.15, -0.1) is 0 Å². The lowest BCUT2D eigenvalue weighted by Gasteiger charge is -2.10. The number of nitrogens with one attached hydrogen (secondary N) is 1. The van der Waals surface area contributed by atoms with E-state index in [1.165, 1.54) is 11.6 Å². The Morgan fingerprint density at radius 1 is 1.03 bits per heavy atom. The molecule has 3 aromatic carbocycles. The number of fused-ring (bicyclic) bond motifs is 1. The monoisotopic (exact) mass is 440 g/mol. The third-order valence-electron chi connectivity index (χ3n) is 5.74. The van der Waals surface area contributed by atoms with Crippen molar-refractivity contribution in [3.8, 4) is 17.2 Å². The van der Waals surface area contributed by atoms with Crippen LogP contribution in [0.3, 0.4) is 0 Å². The number of carbonyl (C=O) groups excluding carboxylic acids is 1. The molecule has 5 nitrogen and oxygen atoms in total. The molecule has 0 fully saturated rings. The molecule has 33 heavy (non-hydrogen) atoms. The number of hydrogen-bond donors (Lipinski definition) is 1. The molecule has 4 aromatic rings. The zero-order valence-corrected chi connectivity index (χ0v) is 19.6. The van der Waals surface area contributed by atoms with Crippen LogP contribution in [0.4, 0.5) is 5.69 Å². The number of benzene rings is 3. The maximum atomic E-state index is 12.6. The first-order valence-corrected chi connectivity index (χ1v) is 11.0. The highest BCUT2D eigenvalue weighted by molar-refractivity contribution is 6.03. The predicted molar refractivity (Wildman–Crippen MR) is 134 cm³/mol. The first-order chi connectivity index (χ1) is 15.8. The van der Waals surface area contributed by atoms with Crippen molar-refractivity contribution in [2.24, 2.45) is 0 Å². The molecule has 0 aliphatic rings. The number of oxazole rings is 1. The normalized spacial score (nSPS) is 11.5. The van der Waals surface area contributed by atoms with Crippen LogP contribution in [0.2, 0.25) is 0 Å². The number of aromatic nitrogens is 1. The van der Waals surface area contributed by atoms with Gasteiger partial charge in [0, 0.05) is 11.6 Å². The largest absolute Gasteiger partial charge is 0.495 e. The molecule has 1 heterocycles. The van der Waals surface area contributed by atoms with Crippen LogP contribution >= 0.6 is 0 Å². The molecule has 5 heteroatoms. The summed E-state index contributed by atoms with van der Waals surface area (Å²) in [5.41, 5.74) is 7.39. The summed E-state index contributed by atoms with van der Waals surface area (Å²) in [6.45, 7) is 8.41. The zero-order valence-electron chi connectivity index (χ0n) is 19.6. The minimum atomic E-state index is -0.248. The average molecular weight is 441 g/mol. The minimum Gasteiger partial charge on any atom is -0.495 e. The number of hydrogen-bond acceptors (Lipinski definition) is 4. The summed E-state index contributed by atoms with van der Waals surface area (Å²) in [7, 11) is 1.57. The molecular weight excluding hydrogens is 412 g/mol. The molecule has 1 aromatic heterocycles. The summed E-state index contributed by atoms with van der Waals surface area (Å²) in [5, 5.41) is 2.90. The van der Waals surface area contributed by atoms with Crippen molar-refractivity contribution in [3.63, 3.8) is 0 Å². The first-order valence-electron chi connectivity index (χ1n) is 11.0. The number of methoxy groups -OCH3 is 1. The van der Waals surface area contributed by atoms with Gasteiger partial charge in [0.05, 0.1) is 12.8 Å². The van der Waals surface area contributed by atoms with Crippen LogP contribution < -0.4 is 10.1 Å². The molecule has 0 atom stereocenters. The fourth-order valence-electron chi connectivity index (χ4n) is 3.58. The average Bonchev–Trinajstić information content (AvgIpc) is 3.21. The van der Waals surface area contributed by atoms with Crippen LogP contribution in [0, 0.1) is 13.8 Å². The van der Waals surface area contributed by atoms with E-state index in [0.29, 0.717) is 23.2 Å². The van der Waals surface area contributed by atoms with E-state index in [4.69, 9.17) is 9.15 Å². The van der Waals surface area contributed by atoms with Gasteiger partial charge in [-0.05, 0) is 78.4 Å². The Morgan fingerprint density at radius 3 is 2.45 bits per heavy atom. The minimum absolute atomic E-state index is 0.248. The fourth-order valence-corrected chi connectivity index (χ4v) is 3.58. The molecule has 168 valence electrons. The second-order valence-electron chi connectivity index (χ2n) is 8.48. The number of amides is 1. The standard InChI is InChI=1S/C28H28N2O3/c1-17(2)21-9-6-20(7-10-21)8-13-27(31)29-24-16-22(11-12-25(24)32-5)28-30-23-14-18(3)19(4)15-26(23)33-28/h6-17H,1-5H3,(H,29,31). The van der Waals surface area contributed by atoms with Crippen molar-refractivity contribution in [2.75, 3.05) is 12.4 Å². The van der Waals surface area contributed by atoms with E-state index in [-0.39, 0.29) is 5.91 Å². The number of ether oxygens (including phenoxy) is 1. The van der Waals surface area contributed by atoms with E-state index in [2.05, 4.69) is 43.2 Å². The van der Waals surface area contributed by atoms with Crippen molar-refractivity contribution < 1.29 is 13.9 Å². The highest BCUT2D eigenvalue weighted by Crippen LogP contribution is 2.32. The predicted octanol–water partition coefficient (Wildman–Crippen LogP) is 6.90. The van der Waals surface area contributed by atoms with Gasteiger partial charge in [-0.2, -0.15) is 0 Å². The molecule has 0 saturated carbocycles. The van der Waals surface area contributed by atoms with Crippen LogP contribution in [-0.4, -0.2) is 18.0 Å². The van der Waals surface area contributed by atoms with Gasteiger partial charge in [-0.1, -0.05) is 38.1 Å². The SMILES string of the molecule is COc1ccc(-c2nc3cc(C)c(C)cc3o2)cc1NC(=O)C=Cc1ccc(C(C)C)cc1. The van der Waals surface area contributed by atoms with Crippen molar-refractivity contribution >= 4 is 28.8 Å². The molecule has 4 rings (SSSR count). The highest BCUT2D eigenvalue weighted by atomic mass is 16.5. The van der Waals surface area contributed by atoms with Gasteiger partial charge in [0.2, 0.25) is 11.8 Å². The maximum Gasteiger partial charge on any atom is 0.248 e. The van der Waals surface area contributed by atoms with Gasteiger partial charge >= 0.3 is 0 Å². The molecule has 1 amide bonds. The van der Waals surface area contributed by atoms with Crippen LogP contribution in [0.1, 0.15) is 42.0 Å². The summed E-state index contributed by atoms with van der Waals surface area (Å²) in [6, 6.07) is 17.7. The number of aryl methyl sites for hydroxylation is 2.